The summed E-state index contributed by atoms with van der Waals surface area (Å²) >= 11 is 2.98. The Kier molecular flexibility index (Phi) is 3.96. The maximum atomic E-state index is 13.2. The highest BCUT2D eigenvalue weighted by Gasteiger charge is 2.23. The zero-order valence-electron chi connectivity index (χ0n) is 8.36. The maximum Gasteiger partial charge on any atom is 0.262 e. The molecule has 0 unspecified atom stereocenters. The van der Waals surface area contributed by atoms with Gasteiger partial charge in [-0.25, -0.2) is 13.2 Å². The van der Waals surface area contributed by atoms with Crippen molar-refractivity contribution in [1.29, 1.82) is 0 Å². The molecule has 88 valence electrons. The van der Waals surface area contributed by atoms with Gasteiger partial charge in [-0.05, 0) is 28.1 Å². The Labute approximate surface area is 99.0 Å². The fourth-order valence-corrected chi connectivity index (χ4v) is 1.56. The highest BCUT2D eigenvalue weighted by atomic mass is 79.9. The number of rotatable bonds is 3. The third-order valence-corrected chi connectivity index (χ3v) is 2.41. The predicted molar refractivity (Wildman–Crippen MR) is 57.1 cm³/mol. The van der Waals surface area contributed by atoms with E-state index >= 15 is 0 Å². The number of hydrogen-bond acceptors (Lipinski definition) is 1. The van der Waals surface area contributed by atoms with E-state index in [1.807, 2.05) is 5.32 Å². The van der Waals surface area contributed by atoms with Crippen molar-refractivity contribution in [2.24, 2.45) is 0 Å². The van der Waals surface area contributed by atoms with E-state index in [1.54, 1.807) is 0 Å². The molecule has 0 saturated heterocycles. The summed E-state index contributed by atoms with van der Waals surface area (Å²) in [5.41, 5.74) is -0.272. The van der Waals surface area contributed by atoms with Crippen LogP contribution in [0.25, 0.3) is 0 Å². The lowest BCUT2D eigenvalue weighted by Gasteiger charge is -2.12. The van der Waals surface area contributed by atoms with Gasteiger partial charge in [0.1, 0.15) is 5.82 Å². The van der Waals surface area contributed by atoms with Gasteiger partial charge in [0.25, 0.3) is 11.8 Å². The molecule has 1 N–H and O–H groups in total. The first-order valence-corrected chi connectivity index (χ1v) is 5.20. The molecular weight excluding hydrogens is 287 g/mol. The van der Waals surface area contributed by atoms with Crippen LogP contribution in [-0.2, 0) is 0 Å². The van der Waals surface area contributed by atoms with Crippen molar-refractivity contribution in [3.63, 3.8) is 0 Å². The number of alkyl halides is 2. The first kappa shape index (κ1) is 13.0. The van der Waals surface area contributed by atoms with Crippen LogP contribution in [0.2, 0.25) is 0 Å². The van der Waals surface area contributed by atoms with Crippen LogP contribution in [-0.4, -0.2) is 18.4 Å². The van der Waals surface area contributed by atoms with Gasteiger partial charge >= 0.3 is 0 Å². The molecule has 0 radical (unpaired) electrons. The number of nitrogens with one attached hydrogen (secondary N) is 1. The summed E-state index contributed by atoms with van der Waals surface area (Å²) in [6.45, 7) is -0.156. The molecule has 0 fully saturated rings. The zero-order chi connectivity index (χ0) is 12.3. The van der Waals surface area contributed by atoms with Crippen molar-refractivity contribution >= 4 is 21.8 Å². The Morgan fingerprint density at radius 2 is 2.12 bits per heavy atom. The molecule has 16 heavy (non-hydrogen) atoms. The van der Waals surface area contributed by atoms with E-state index in [4.69, 9.17) is 0 Å². The molecule has 6 heteroatoms. The second-order valence-corrected chi connectivity index (χ2v) is 4.20. The monoisotopic (exact) mass is 295 g/mol. The predicted octanol–water partition coefficient (Wildman–Crippen LogP) is 2.97. The van der Waals surface area contributed by atoms with Crippen LogP contribution < -0.4 is 5.32 Å². The third kappa shape index (κ3) is 3.52. The summed E-state index contributed by atoms with van der Waals surface area (Å²) in [7, 11) is 0. The lowest BCUT2D eigenvalue weighted by molar-refractivity contribution is 0.0220. The zero-order valence-corrected chi connectivity index (χ0v) is 9.95. The minimum Gasteiger partial charge on any atom is -0.346 e. The van der Waals surface area contributed by atoms with E-state index in [9.17, 15) is 18.0 Å². The fourth-order valence-electron chi connectivity index (χ4n) is 1.04. The van der Waals surface area contributed by atoms with Crippen molar-refractivity contribution in [2.75, 3.05) is 6.54 Å². The summed E-state index contributed by atoms with van der Waals surface area (Å²) < 4.78 is 38.4. The molecule has 0 atom stereocenters. The number of benzene rings is 1. The maximum absolute atomic E-state index is 13.2. The molecule has 1 aromatic rings. The van der Waals surface area contributed by atoms with E-state index < -0.39 is 24.2 Å². The van der Waals surface area contributed by atoms with Crippen LogP contribution in [0.3, 0.4) is 0 Å². The first-order valence-electron chi connectivity index (χ1n) is 4.41. The molecule has 1 rings (SSSR count). The van der Waals surface area contributed by atoms with Gasteiger partial charge in [-0.1, -0.05) is 6.07 Å². The number of amides is 1. The number of halogens is 4. The lowest BCUT2D eigenvalue weighted by atomic mass is 10.2. The molecular formula is C10H9BrF3NO. The molecule has 0 saturated carbocycles. The van der Waals surface area contributed by atoms with E-state index in [2.05, 4.69) is 15.9 Å². The van der Waals surface area contributed by atoms with Crippen molar-refractivity contribution in [1.82, 2.24) is 5.32 Å². The number of carbonyl (C=O) groups excluding carboxylic acids is 1. The van der Waals surface area contributed by atoms with Gasteiger partial charge in [0, 0.05) is 11.4 Å². The van der Waals surface area contributed by atoms with Crippen molar-refractivity contribution in [3.05, 3.63) is 34.1 Å². The molecule has 0 heterocycles. The van der Waals surface area contributed by atoms with E-state index in [0.29, 0.717) is 6.92 Å². The topological polar surface area (TPSA) is 29.1 Å². The van der Waals surface area contributed by atoms with Gasteiger partial charge in [0.15, 0.2) is 0 Å². The van der Waals surface area contributed by atoms with Crippen LogP contribution in [0.1, 0.15) is 17.3 Å². The smallest absolute Gasteiger partial charge is 0.262 e. The first-order chi connectivity index (χ1) is 7.31. The molecule has 0 aliphatic carbocycles. The van der Waals surface area contributed by atoms with Crippen LogP contribution in [0.15, 0.2) is 22.7 Å². The fraction of sp³-hybridized carbons (Fsp3) is 0.300. The highest BCUT2D eigenvalue weighted by Crippen LogP contribution is 2.19. The SMILES string of the molecule is CC(F)(F)CNC(=O)c1c(F)cccc1Br. The van der Waals surface area contributed by atoms with E-state index in [1.165, 1.54) is 12.1 Å². The summed E-state index contributed by atoms with van der Waals surface area (Å²) in [4.78, 5) is 11.4. The Morgan fingerprint density at radius 1 is 1.50 bits per heavy atom. The molecule has 1 amide bonds. The average Bonchev–Trinajstić information content (AvgIpc) is 2.13. The number of carbonyl (C=O) groups is 1. The molecule has 0 aliphatic heterocycles. The van der Waals surface area contributed by atoms with Crippen molar-refractivity contribution in [3.8, 4) is 0 Å². The Hall–Kier alpha value is -1.04. The van der Waals surface area contributed by atoms with Crippen molar-refractivity contribution in [2.45, 2.75) is 12.8 Å². The largest absolute Gasteiger partial charge is 0.346 e. The molecule has 0 aliphatic rings. The van der Waals surface area contributed by atoms with Gasteiger partial charge in [0.2, 0.25) is 0 Å². The summed E-state index contributed by atoms with van der Waals surface area (Å²) in [6, 6.07) is 3.95. The molecule has 2 nitrogen and oxygen atoms in total. The average molecular weight is 296 g/mol. The van der Waals surface area contributed by atoms with Crippen LogP contribution in [0.4, 0.5) is 13.2 Å². The van der Waals surface area contributed by atoms with Gasteiger partial charge in [0.05, 0.1) is 12.1 Å². The van der Waals surface area contributed by atoms with E-state index in [-0.39, 0.29) is 10.0 Å². The van der Waals surface area contributed by atoms with Crippen LogP contribution >= 0.6 is 15.9 Å². The van der Waals surface area contributed by atoms with E-state index in [0.717, 1.165) is 6.07 Å². The van der Waals surface area contributed by atoms with Crippen molar-refractivity contribution < 1.29 is 18.0 Å². The summed E-state index contributed by atoms with van der Waals surface area (Å²) in [5, 5.41) is 1.96. The summed E-state index contributed by atoms with van der Waals surface area (Å²) in [5.74, 6) is -4.65. The third-order valence-electron chi connectivity index (χ3n) is 1.75. The van der Waals surface area contributed by atoms with Gasteiger partial charge in [-0.15, -0.1) is 0 Å². The molecule has 0 aromatic heterocycles. The minimum atomic E-state index is -3.02. The number of hydrogen-bond donors (Lipinski definition) is 1. The lowest BCUT2D eigenvalue weighted by Crippen LogP contribution is -2.35. The Balaban J connectivity index is 2.81. The normalized spacial score (nSPS) is 11.3. The second-order valence-electron chi connectivity index (χ2n) is 3.35. The molecule has 1 aromatic carbocycles. The van der Waals surface area contributed by atoms with Crippen LogP contribution in [0.5, 0.6) is 0 Å². The second kappa shape index (κ2) is 4.86. The summed E-state index contributed by atoms with van der Waals surface area (Å²) in [6.07, 6.45) is 0. The molecule has 0 spiro atoms. The Morgan fingerprint density at radius 3 is 2.62 bits per heavy atom. The highest BCUT2D eigenvalue weighted by molar-refractivity contribution is 9.10. The molecule has 0 bridgehead atoms. The van der Waals surface area contributed by atoms with Gasteiger partial charge in [-0.2, -0.15) is 0 Å². The standard InChI is InChI=1S/C10H9BrF3NO/c1-10(13,14)5-15-9(16)8-6(11)3-2-4-7(8)12/h2-4H,5H2,1H3,(H,15,16). The van der Waals surface area contributed by atoms with Gasteiger partial charge in [-0.3, -0.25) is 4.79 Å². The Bertz CT molecular complexity index is 383. The minimum absolute atomic E-state index is 0.226. The quantitative estimate of drug-likeness (QED) is 0.913. The van der Waals surface area contributed by atoms with Crippen LogP contribution in [0, 0.1) is 5.82 Å². The van der Waals surface area contributed by atoms with Gasteiger partial charge < -0.3 is 5.32 Å².